The minimum absolute atomic E-state index is 0.115. The van der Waals surface area contributed by atoms with Crippen LogP contribution in [0.15, 0.2) is 29.2 Å². The maximum atomic E-state index is 11.9. The van der Waals surface area contributed by atoms with E-state index in [1.54, 1.807) is 0 Å². The summed E-state index contributed by atoms with van der Waals surface area (Å²) >= 11 is 0.179. The first-order chi connectivity index (χ1) is 7.37. The summed E-state index contributed by atoms with van der Waals surface area (Å²) in [7, 11) is 0. The van der Waals surface area contributed by atoms with Gasteiger partial charge >= 0.3 is 12.1 Å². The lowest BCUT2D eigenvalue weighted by Crippen LogP contribution is -2.15. The molecule has 88 valence electrons. The van der Waals surface area contributed by atoms with Crippen LogP contribution in [0.25, 0.3) is 0 Å². The topological polar surface area (TPSA) is 37.3 Å². The van der Waals surface area contributed by atoms with Crippen LogP contribution in [0.3, 0.4) is 0 Å². The number of aliphatic carboxylic acids is 1. The lowest BCUT2D eigenvalue weighted by Gasteiger charge is -2.00. The SMILES string of the molecule is O=C(O)Cc1ccc([SH+]CC(F)(F)F)cc1. The molecule has 16 heavy (non-hydrogen) atoms. The van der Waals surface area contributed by atoms with Crippen molar-refractivity contribution in [3.63, 3.8) is 0 Å². The molecule has 0 spiro atoms. The molecule has 0 atom stereocenters. The van der Waals surface area contributed by atoms with Crippen LogP contribution < -0.4 is 0 Å². The molecule has 1 N–H and O–H groups in total. The Balaban J connectivity index is 2.55. The molecule has 0 unspecified atom stereocenters. The fourth-order valence-corrected chi connectivity index (χ4v) is 1.80. The summed E-state index contributed by atoms with van der Waals surface area (Å²) in [6.45, 7) is 0. The lowest BCUT2D eigenvalue weighted by molar-refractivity contribution is -0.136. The molecule has 0 aliphatic heterocycles. The van der Waals surface area contributed by atoms with E-state index in [0.717, 1.165) is 0 Å². The van der Waals surface area contributed by atoms with E-state index in [1.165, 1.54) is 24.3 Å². The molecule has 6 heteroatoms. The monoisotopic (exact) mass is 251 g/mol. The molecular weight excluding hydrogens is 241 g/mol. The first kappa shape index (κ1) is 12.9. The first-order valence-corrected chi connectivity index (χ1v) is 5.50. The predicted molar refractivity (Wildman–Crippen MR) is 55.7 cm³/mol. The third-order valence-corrected chi connectivity index (χ3v) is 2.91. The maximum absolute atomic E-state index is 11.9. The number of carboxylic acids is 1. The van der Waals surface area contributed by atoms with Gasteiger partial charge in [-0.05, 0) is 17.7 Å². The Morgan fingerprint density at radius 2 is 1.81 bits per heavy atom. The Morgan fingerprint density at radius 3 is 2.25 bits per heavy atom. The van der Waals surface area contributed by atoms with Crippen LogP contribution in [0.4, 0.5) is 13.2 Å². The van der Waals surface area contributed by atoms with Gasteiger partial charge in [0.25, 0.3) is 0 Å². The summed E-state index contributed by atoms with van der Waals surface area (Å²) in [5, 5.41) is 8.50. The largest absolute Gasteiger partial charge is 0.481 e. The zero-order chi connectivity index (χ0) is 12.2. The van der Waals surface area contributed by atoms with Crippen molar-refractivity contribution in [3.8, 4) is 0 Å². The fourth-order valence-electron chi connectivity index (χ4n) is 1.07. The van der Waals surface area contributed by atoms with E-state index < -0.39 is 17.9 Å². The molecule has 1 rings (SSSR count). The number of rotatable bonds is 4. The minimum atomic E-state index is -4.17. The number of thiol groups is 1. The maximum Gasteiger partial charge on any atom is 0.433 e. The second-order valence-corrected chi connectivity index (χ2v) is 4.32. The second-order valence-electron chi connectivity index (χ2n) is 3.17. The van der Waals surface area contributed by atoms with Gasteiger partial charge in [0.05, 0.1) is 6.42 Å². The van der Waals surface area contributed by atoms with E-state index in [-0.39, 0.29) is 18.2 Å². The van der Waals surface area contributed by atoms with E-state index in [1.807, 2.05) is 0 Å². The van der Waals surface area contributed by atoms with Gasteiger partial charge in [0.1, 0.15) is 0 Å². The Labute approximate surface area is 94.5 Å². The van der Waals surface area contributed by atoms with Gasteiger partial charge in [0.15, 0.2) is 4.90 Å². The van der Waals surface area contributed by atoms with Crippen molar-refractivity contribution in [2.24, 2.45) is 0 Å². The average Bonchev–Trinajstić information content (AvgIpc) is 2.14. The number of alkyl halides is 3. The summed E-state index contributed by atoms with van der Waals surface area (Å²) in [5.41, 5.74) is 0.582. The quantitative estimate of drug-likeness (QED) is 0.657. The number of hydrogen-bond donors (Lipinski definition) is 1. The zero-order valence-corrected chi connectivity index (χ0v) is 9.05. The molecule has 0 aliphatic rings. The van der Waals surface area contributed by atoms with Gasteiger partial charge in [0.2, 0.25) is 5.75 Å². The minimum Gasteiger partial charge on any atom is -0.481 e. The van der Waals surface area contributed by atoms with Crippen LogP contribution in [-0.4, -0.2) is 23.0 Å². The molecule has 0 radical (unpaired) electrons. The molecule has 0 heterocycles. The highest BCUT2D eigenvalue weighted by Crippen LogP contribution is 2.17. The predicted octanol–water partition coefficient (Wildman–Crippen LogP) is 2.05. The van der Waals surface area contributed by atoms with Crippen molar-refractivity contribution in [2.75, 3.05) is 5.75 Å². The molecule has 0 aliphatic carbocycles. The third-order valence-electron chi connectivity index (χ3n) is 1.73. The zero-order valence-electron chi connectivity index (χ0n) is 8.16. The molecule has 1 aromatic rings. The Morgan fingerprint density at radius 1 is 1.25 bits per heavy atom. The van der Waals surface area contributed by atoms with Crippen molar-refractivity contribution in [2.45, 2.75) is 17.5 Å². The second kappa shape index (κ2) is 5.25. The van der Waals surface area contributed by atoms with Crippen molar-refractivity contribution < 1.29 is 23.1 Å². The highest BCUT2D eigenvalue weighted by atomic mass is 32.2. The molecule has 0 aromatic heterocycles. The molecule has 0 saturated heterocycles. The van der Waals surface area contributed by atoms with Crippen LogP contribution in [0.1, 0.15) is 5.56 Å². The van der Waals surface area contributed by atoms with E-state index >= 15 is 0 Å². The Kier molecular flexibility index (Phi) is 4.23. The van der Waals surface area contributed by atoms with Gasteiger partial charge in [-0.25, -0.2) is 0 Å². The average molecular weight is 251 g/mol. The number of hydrogen-bond acceptors (Lipinski definition) is 1. The van der Waals surface area contributed by atoms with E-state index in [0.29, 0.717) is 10.5 Å². The summed E-state index contributed by atoms with van der Waals surface area (Å²) in [6.07, 6.45) is -4.28. The van der Waals surface area contributed by atoms with Crippen LogP contribution in [0.5, 0.6) is 0 Å². The highest BCUT2D eigenvalue weighted by Gasteiger charge is 2.32. The standard InChI is InChI=1S/C10H9F3O2S/c11-10(12,13)6-16-8-3-1-7(2-4-8)5-9(14)15/h1-4H,5-6H2,(H,14,15)/p+1. The van der Waals surface area contributed by atoms with Gasteiger partial charge < -0.3 is 5.11 Å². The molecular formula is C10H10F3O2S+. The van der Waals surface area contributed by atoms with Crippen LogP contribution in [0, 0.1) is 0 Å². The fraction of sp³-hybridized carbons (Fsp3) is 0.300. The smallest absolute Gasteiger partial charge is 0.433 e. The Bertz CT molecular complexity index is 359. The molecule has 0 saturated carbocycles. The number of halogens is 3. The number of benzene rings is 1. The van der Waals surface area contributed by atoms with Gasteiger partial charge in [-0.2, -0.15) is 13.2 Å². The molecule has 0 bridgehead atoms. The summed E-state index contributed by atoms with van der Waals surface area (Å²) < 4.78 is 35.7. The molecule has 0 amide bonds. The van der Waals surface area contributed by atoms with Gasteiger partial charge in [-0.3, -0.25) is 4.79 Å². The number of carboxylic acid groups (broad SMARTS) is 1. The van der Waals surface area contributed by atoms with Gasteiger partial charge in [-0.15, -0.1) is 0 Å². The number of carbonyl (C=O) groups is 1. The van der Waals surface area contributed by atoms with E-state index in [2.05, 4.69) is 0 Å². The Hall–Kier alpha value is -1.17. The third kappa shape index (κ3) is 5.06. The summed E-state index contributed by atoms with van der Waals surface area (Å²) in [6, 6.07) is 6.11. The highest BCUT2D eigenvalue weighted by molar-refractivity contribution is 7.78. The van der Waals surface area contributed by atoms with Crippen molar-refractivity contribution in [1.82, 2.24) is 0 Å². The summed E-state index contributed by atoms with van der Waals surface area (Å²) in [4.78, 5) is 10.9. The van der Waals surface area contributed by atoms with Gasteiger partial charge in [0, 0.05) is 11.8 Å². The summed E-state index contributed by atoms with van der Waals surface area (Å²) in [5.74, 6) is -1.84. The van der Waals surface area contributed by atoms with Gasteiger partial charge in [-0.1, -0.05) is 12.1 Å². The molecule has 0 fully saturated rings. The van der Waals surface area contributed by atoms with Crippen molar-refractivity contribution in [3.05, 3.63) is 29.8 Å². The lowest BCUT2D eigenvalue weighted by atomic mass is 10.2. The molecule has 1 aromatic carbocycles. The van der Waals surface area contributed by atoms with Crippen LogP contribution >= 0.6 is 0 Å². The van der Waals surface area contributed by atoms with E-state index in [9.17, 15) is 18.0 Å². The normalized spacial score (nSPS) is 11.4. The van der Waals surface area contributed by atoms with E-state index in [4.69, 9.17) is 5.11 Å². The van der Waals surface area contributed by atoms with Crippen LogP contribution in [0.2, 0.25) is 0 Å². The van der Waals surface area contributed by atoms with Crippen molar-refractivity contribution in [1.29, 1.82) is 0 Å². The first-order valence-electron chi connectivity index (χ1n) is 4.42. The van der Waals surface area contributed by atoms with Crippen molar-refractivity contribution >= 4 is 17.7 Å². The van der Waals surface area contributed by atoms with Crippen LogP contribution in [-0.2, 0) is 23.0 Å². The molecule has 2 nitrogen and oxygen atoms in total.